The Morgan fingerprint density at radius 3 is 2.33 bits per heavy atom. The molecular weight excluding hydrogens is 184 g/mol. The Morgan fingerprint density at radius 2 is 1.73 bits per heavy atom. The van der Waals surface area contributed by atoms with Crippen molar-refractivity contribution in [3.8, 4) is 0 Å². The zero-order valence-corrected chi connectivity index (χ0v) is 10.2. The molecule has 0 saturated heterocycles. The number of nitrogens with one attached hydrogen (secondary N) is 1. The van der Waals surface area contributed by atoms with Crippen LogP contribution in [0.3, 0.4) is 0 Å². The average molecular weight is 206 g/mol. The molecule has 0 saturated carbocycles. The van der Waals surface area contributed by atoms with Crippen molar-refractivity contribution in [1.82, 2.24) is 5.32 Å². The maximum atomic E-state index is 5.69. The van der Waals surface area contributed by atoms with Crippen LogP contribution in [0.5, 0.6) is 0 Å². The third kappa shape index (κ3) is 3.65. The quantitative estimate of drug-likeness (QED) is 0.791. The minimum atomic E-state index is 0.219. The zero-order chi connectivity index (χ0) is 11.4. The van der Waals surface area contributed by atoms with Crippen LogP contribution >= 0.6 is 0 Å². The number of aryl methyl sites for hydroxylation is 3. The summed E-state index contributed by atoms with van der Waals surface area (Å²) in [7, 11) is 0. The second-order valence-corrected chi connectivity index (χ2v) is 4.47. The first-order chi connectivity index (χ1) is 7.00. The summed E-state index contributed by atoms with van der Waals surface area (Å²) in [5, 5.41) is 3.36. The highest BCUT2D eigenvalue weighted by Crippen LogP contribution is 2.14. The predicted octanol–water partition coefficient (Wildman–Crippen LogP) is 2.05. The Morgan fingerprint density at radius 1 is 1.13 bits per heavy atom. The van der Waals surface area contributed by atoms with E-state index in [1.165, 1.54) is 22.3 Å². The molecule has 0 aromatic heterocycles. The van der Waals surface area contributed by atoms with Gasteiger partial charge in [-0.25, -0.2) is 0 Å². The van der Waals surface area contributed by atoms with Gasteiger partial charge in [-0.05, 0) is 49.9 Å². The molecule has 0 aliphatic heterocycles. The number of hydrogen-bond acceptors (Lipinski definition) is 2. The number of benzene rings is 1. The lowest BCUT2D eigenvalue weighted by atomic mass is 10.0. The lowest BCUT2D eigenvalue weighted by Gasteiger charge is -2.12. The van der Waals surface area contributed by atoms with Gasteiger partial charge in [0.2, 0.25) is 0 Å². The SMILES string of the molecule is Cc1cc(C)c(CNCC(C)N)cc1C. The van der Waals surface area contributed by atoms with E-state index >= 15 is 0 Å². The van der Waals surface area contributed by atoms with Crippen LogP contribution in [-0.4, -0.2) is 12.6 Å². The van der Waals surface area contributed by atoms with Crippen molar-refractivity contribution in [1.29, 1.82) is 0 Å². The first-order valence-corrected chi connectivity index (χ1v) is 5.53. The first kappa shape index (κ1) is 12.2. The molecule has 84 valence electrons. The highest BCUT2D eigenvalue weighted by Gasteiger charge is 2.01. The molecule has 1 atom stereocenters. The smallest absolute Gasteiger partial charge is 0.0208 e. The largest absolute Gasteiger partial charge is 0.327 e. The third-order valence-corrected chi connectivity index (χ3v) is 2.73. The highest BCUT2D eigenvalue weighted by molar-refractivity contribution is 5.36. The molecule has 0 aliphatic carbocycles. The van der Waals surface area contributed by atoms with Crippen LogP contribution in [0.1, 0.15) is 29.2 Å². The van der Waals surface area contributed by atoms with Crippen molar-refractivity contribution in [2.24, 2.45) is 5.73 Å². The molecular formula is C13H22N2. The van der Waals surface area contributed by atoms with Crippen LogP contribution in [0.25, 0.3) is 0 Å². The molecule has 3 N–H and O–H groups in total. The normalized spacial score (nSPS) is 12.9. The molecule has 0 radical (unpaired) electrons. The van der Waals surface area contributed by atoms with Gasteiger partial charge < -0.3 is 11.1 Å². The van der Waals surface area contributed by atoms with Crippen molar-refractivity contribution < 1.29 is 0 Å². The summed E-state index contributed by atoms with van der Waals surface area (Å²) in [5.74, 6) is 0. The summed E-state index contributed by atoms with van der Waals surface area (Å²) in [6.45, 7) is 10.3. The maximum absolute atomic E-state index is 5.69. The minimum Gasteiger partial charge on any atom is -0.327 e. The van der Waals surface area contributed by atoms with Crippen LogP contribution in [0.2, 0.25) is 0 Å². The van der Waals surface area contributed by atoms with Crippen molar-refractivity contribution in [2.45, 2.75) is 40.3 Å². The van der Waals surface area contributed by atoms with Crippen LogP contribution in [0.15, 0.2) is 12.1 Å². The van der Waals surface area contributed by atoms with Gasteiger partial charge in [0.25, 0.3) is 0 Å². The lowest BCUT2D eigenvalue weighted by Crippen LogP contribution is -2.30. The van der Waals surface area contributed by atoms with Gasteiger partial charge in [-0.15, -0.1) is 0 Å². The molecule has 0 amide bonds. The van der Waals surface area contributed by atoms with Gasteiger partial charge in [0, 0.05) is 19.1 Å². The van der Waals surface area contributed by atoms with Crippen molar-refractivity contribution in [2.75, 3.05) is 6.54 Å². The zero-order valence-electron chi connectivity index (χ0n) is 10.2. The predicted molar refractivity (Wildman–Crippen MR) is 66.0 cm³/mol. The van der Waals surface area contributed by atoms with Crippen molar-refractivity contribution in [3.63, 3.8) is 0 Å². The summed E-state index contributed by atoms with van der Waals surface area (Å²) in [6, 6.07) is 4.73. The summed E-state index contributed by atoms with van der Waals surface area (Å²) in [4.78, 5) is 0. The monoisotopic (exact) mass is 206 g/mol. The summed E-state index contributed by atoms with van der Waals surface area (Å²) >= 11 is 0. The third-order valence-electron chi connectivity index (χ3n) is 2.73. The lowest BCUT2D eigenvalue weighted by molar-refractivity contribution is 0.607. The van der Waals surface area contributed by atoms with Gasteiger partial charge in [-0.2, -0.15) is 0 Å². The molecule has 0 bridgehead atoms. The molecule has 1 unspecified atom stereocenters. The van der Waals surface area contributed by atoms with Gasteiger partial charge in [0.05, 0.1) is 0 Å². The van der Waals surface area contributed by atoms with Gasteiger partial charge in [0.15, 0.2) is 0 Å². The van der Waals surface area contributed by atoms with E-state index in [1.807, 2.05) is 6.92 Å². The van der Waals surface area contributed by atoms with E-state index in [0.29, 0.717) is 0 Å². The standard InChI is InChI=1S/C13H22N2/c1-9-5-11(3)13(6-10(9)2)8-15-7-12(4)14/h5-6,12,15H,7-8,14H2,1-4H3. The van der Waals surface area contributed by atoms with Crippen molar-refractivity contribution in [3.05, 3.63) is 34.4 Å². The van der Waals surface area contributed by atoms with Crippen LogP contribution in [0, 0.1) is 20.8 Å². The summed E-state index contributed by atoms with van der Waals surface area (Å²) < 4.78 is 0. The van der Waals surface area contributed by atoms with Gasteiger partial charge >= 0.3 is 0 Å². The highest BCUT2D eigenvalue weighted by atomic mass is 14.9. The van der Waals surface area contributed by atoms with Crippen LogP contribution < -0.4 is 11.1 Å². The van der Waals surface area contributed by atoms with E-state index in [2.05, 4.69) is 38.2 Å². The Hall–Kier alpha value is -0.860. The molecule has 2 nitrogen and oxygen atoms in total. The molecule has 1 rings (SSSR count). The minimum absolute atomic E-state index is 0.219. The van der Waals surface area contributed by atoms with E-state index in [-0.39, 0.29) is 6.04 Å². The second kappa shape index (κ2) is 5.29. The molecule has 1 aromatic rings. The van der Waals surface area contributed by atoms with E-state index in [0.717, 1.165) is 13.1 Å². The van der Waals surface area contributed by atoms with E-state index in [1.54, 1.807) is 0 Å². The summed E-state index contributed by atoms with van der Waals surface area (Å²) in [5.41, 5.74) is 11.1. The van der Waals surface area contributed by atoms with E-state index < -0.39 is 0 Å². The van der Waals surface area contributed by atoms with Crippen LogP contribution in [0.4, 0.5) is 0 Å². The van der Waals surface area contributed by atoms with Gasteiger partial charge in [-0.1, -0.05) is 12.1 Å². The van der Waals surface area contributed by atoms with Crippen LogP contribution in [-0.2, 0) is 6.54 Å². The first-order valence-electron chi connectivity index (χ1n) is 5.53. The fourth-order valence-corrected chi connectivity index (χ4v) is 1.65. The Kier molecular flexibility index (Phi) is 4.30. The maximum Gasteiger partial charge on any atom is 0.0208 e. The Bertz CT molecular complexity index is 330. The molecule has 0 fully saturated rings. The van der Waals surface area contributed by atoms with Gasteiger partial charge in [0.1, 0.15) is 0 Å². The Labute approximate surface area is 92.9 Å². The molecule has 1 aromatic carbocycles. The fraction of sp³-hybridized carbons (Fsp3) is 0.538. The topological polar surface area (TPSA) is 38.0 Å². The number of rotatable bonds is 4. The van der Waals surface area contributed by atoms with E-state index in [4.69, 9.17) is 5.73 Å². The fourth-order valence-electron chi connectivity index (χ4n) is 1.65. The number of nitrogens with two attached hydrogens (primary N) is 1. The molecule has 0 heterocycles. The average Bonchev–Trinajstić information content (AvgIpc) is 2.13. The summed E-state index contributed by atoms with van der Waals surface area (Å²) in [6.07, 6.45) is 0. The second-order valence-electron chi connectivity index (χ2n) is 4.47. The number of hydrogen-bond donors (Lipinski definition) is 2. The van der Waals surface area contributed by atoms with Crippen molar-refractivity contribution >= 4 is 0 Å². The molecule has 15 heavy (non-hydrogen) atoms. The van der Waals surface area contributed by atoms with Gasteiger partial charge in [-0.3, -0.25) is 0 Å². The van der Waals surface area contributed by atoms with E-state index in [9.17, 15) is 0 Å². The molecule has 2 heteroatoms. The molecule has 0 aliphatic rings. The molecule has 0 spiro atoms. The Balaban J connectivity index is 2.65.